The van der Waals surface area contributed by atoms with Crippen molar-refractivity contribution >= 4 is 11.6 Å². The van der Waals surface area contributed by atoms with E-state index in [0.29, 0.717) is 6.04 Å². The van der Waals surface area contributed by atoms with Gasteiger partial charge in [-0.15, -0.1) is 0 Å². The second kappa shape index (κ2) is 6.68. The molecule has 1 aromatic rings. The highest BCUT2D eigenvalue weighted by molar-refractivity contribution is 6.30. The maximum absolute atomic E-state index is 6.39. The molecule has 2 nitrogen and oxygen atoms in total. The predicted octanol–water partition coefficient (Wildman–Crippen LogP) is 4.38. The van der Waals surface area contributed by atoms with Crippen molar-refractivity contribution in [3.63, 3.8) is 0 Å². The van der Waals surface area contributed by atoms with Crippen LogP contribution in [0.1, 0.15) is 57.1 Å². The van der Waals surface area contributed by atoms with Crippen molar-refractivity contribution in [1.29, 1.82) is 0 Å². The number of fused-ring (bicyclic) bond motifs is 1. The summed E-state index contributed by atoms with van der Waals surface area (Å²) in [4.78, 5) is 2.70. The topological polar surface area (TPSA) is 29.3 Å². The van der Waals surface area contributed by atoms with Crippen LogP contribution >= 0.6 is 11.6 Å². The Morgan fingerprint density at radius 2 is 1.95 bits per heavy atom. The van der Waals surface area contributed by atoms with Crippen molar-refractivity contribution < 1.29 is 0 Å². The van der Waals surface area contributed by atoms with Gasteiger partial charge in [0.25, 0.3) is 0 Å². The molecular formula is C18H27ClN2. The first kappa shape index (κ1) is 15.3. The first-order chi connectivity index (χ1) is 10.2. The number of likely N-dealkylation sites (tertiary alicyclic amines) is 1. The fourth-order valence-corrected chi connectivity index (χ4v) is 4.70. The molecule has 0 aromatic heterocycles. The van der Waals surface area contributed by atoms with Crippen LogP contribution in [0.2, 0.25) is 5.02 Å². The smallest absolute Gasteiger partial charge is 0.0500 e. The number of hydrogen-bond donors (Lipinski definition) is 1. The molecular weight excluding hydrogens is 280 g/mol. The van der Waals surface area contributed by atoms with Crippen molar-refractivity contribution in [2.24, 2.45) is 11.7 Å². The molecule has 1 saturated carbocycles. The molecule has 1 aromatic carbocycles. The molecule has 0 amide bonds. The summed E-state index contributed by atoms with van der Waals surface area (Å²) in [6, 6.07) is 9.44. The largest absolute Gasteiger partial charge is 0.326 e. The van der Waals surface area contributed by atoms with Gasteiger partial charge in [0, 0.05) is 23.1 Å². The lowest BCUT2D eigenvalue weighted by molar-refractivity contribution is 0.0179. The van der Waals surface area contributed by atoms with Crippen molar-refractivity contribution in [3.05, 3.63) is 34.9 Å². The molecule has 0 bridgehead atoms. The van der Waals surface area contributed by atoms with Gasteiger partial charge in [-0.25, -0.2) is 0 Å². The van der Waals surface area contributed by atoms with Gasteiger partial charge in [0.05, 0.1) is 0 Å². The minimum absolute atomic E-state index is 0.129. The summed E-state index contributed by atoms with van der Waals surface area (Å²) in [5, 5.41) is 0.815. The van der Waals surface area contributed by atoms with E-state index in [0.717, 1.165) is 17.0 Å². The van der Waals surface area contributed by atoms with E-state index in [4.69, 9.17) is 17.3 Å². The average Bonchev–Trinajstić information content (AvgIpc) is 2.47. The number of benzene rings is 1. The third-order valence-electron chi connectivity index (χ3n) is 5.33. The number of hydrogen-bond acceptors (Lipinski definition) is 2. The maximum atomic E-state index is 6.39. The van der Waals surface area contributed by atoms with Crippen LogP contribution in [-0.2, 0) is 0 Å². The first-order valence-electron chi connectivity index (χ1n) is 8.43. The minimum atomic E-state index is 0.129. The molecule has 21 heavy (non-hydrogen) atoms. The quantitative estimate of drug-likeness (QED) is 0.897. The zero-order valence-corrected chi connectivity index (χ0v) is 13.7. The van der Waals surface area contributed by atoms with Crippen LogP contribution in [0, 0.1) is 5.92 Å². The number of nitrogens with two attached hydrogens (primary N) is 1. The van der Waals surface area contributed by atoms with Gasteiger partial charge in [-0.3, -0.25) is 4.90 Å². The number of rotatable bonds is 3. The van der Waals surface area contributed by atoms with Crippen LogP contribution in [0.4, 0.5) is 0 Å². The second-order valence-electron chi connectivity index (χ2n) is 6.85. The molecule has 2 N–H and O–H groups in total. The van der Waals surface area contributed by atoms with Crippen LogP contribution in [0.25, 0.3) is 0 Å². The molecule has 3 heteroatoms. The summed E-state index contributed by atoms with van der Waals surface area (Å²) in [7, 11) is 0. The number of piperidine rings is 1. The molecule has 2 aliphatic rings. The lowest BCUT2D eigenvalue weighted by atomic mass is 9.77. The second-order valence-corrected chi connectivity index (χ2v) is 7.29. The summed E-state index contributed by atoms with van der Waals surface area (Å²) >= 11 is 6.21. The fraction of sp³-hybridized carbons (Fsp3) is 0.667. The monoisotopic (exact) mass is 306 g/mol. The predicted molar refractivity (Wildman–Crippen MR) is 89.5 cm³/mol. The Labute approximate surface area is 133 Å². The number of nitrogens with zero attached hydrogens (tertiary/aromatic N) is 1. The highest BCUT2D eigenvalue weighted by atomic mass is 35.5. The van der Waals surface area contributed by atoms with Gasteiger partial charge in [-0.2, -0.15) is 0 Å². The van der Waals surface area contributed by atoms with E-state index in [1.807, 2.05) is 6.07 Å². The summed E-state index contributed by atoms with van der Waals surface area (Å²) in [6.45, 7) is 3.32. The lowest BCUT2D eigenvalue weighted by Gasteiger charge is -2.49. The SMILES string of the molecule is CC(N)C(c1cccc(Cl)c1)N1CCC[C@H]2CCCC[C@H]21. The molecule has 0 radical (unpaired) electrons. The first-order valence-corrected chi connectivity index (χ1v) is 8.81. The summed E-state index contributed by atoms with van der Waals surface area (Å²) in [5.41, 5.74) is 7.67. The summed E-state index contributed by atoms with van der Waals surface area (Å²) < 4.78 is 0. The number of halogens is 1. The van der Waals surface area contributed by atoms with E-state index >= 15 is 0 Å². The third kappa shape index (κ3) is 3.28. The Balaban J connectivity index is 1.89. The molecule has 4 atom stereocenters. The van der Waals surface area contributed by atoms with Gasteiger partial charge in [0.1, 0.15) is 0 Å². The Hall–Kier alpha value is -0.570. The van der Waals surface area contributed by atoms with Crippen LogP contribution in [0.15, 0.2) is 24.3 Å². The standard InChI is InChI=1S/C18H27ClN2/c1-13(20)18(15-7-4-9-16(19)12-15)21-11-5-8-14-6-2-3-10-17(14)21/h4,7,9,12-14,17-18H,2-3,5-6,8,10-11,20H2,1H3/t13?,14-,17-,18?/m1/s1. The molecule has 0 spiro atoms. The van der Waals surface area contributed by atoms with Crippen LogP contribution in [0.5, 0.6) is 0 Å². The van der Waals surface area contributed by atoms with Crippen molar-refractivity contribution in [3.8, 4) is 0 Å². The molecule has 1 aliphatic carbocycles. The molecule has 3 rings (SSSR count). The Bertz CT molecular complexity index is 472. The molecule has 1 aliphatic heterocycles. The van der Waals surface area contributed by atoms with E-state index in [2.05, 4.69) is 30.0 Å². The minimum Gasteiger partial charge on any atom is -0.326 e. The van der Waals surface area contributed by atoms with E-state index in [1.54, 1.807) is 0 Å². The molecule has 2 unspecified atom stereocenters. The van der Waals surface area contributed by atoms with Gasteiger partial charge in [0.2, 0.25) is 0 Å². The Kier molecular flexibility index (Phi) is 4.88. The van der Waals surface area contributed by atoms with E-state index in [-0.39, 0.29) is 6.04 Å². The van der Waals surface area contributed by atoms with Crippen LogP contribution in [-0.4, -0.2) is 23.5 Å². The normalized spacial score (nSPS) is 29.7. The summed E-state index contributed by atoms with van der Waals surface area (Å²) in [5.74, 6) is 0.882. The zero-order chi connectivity index (χ0) is 14.8. The molecule has 1 heterocycles. The fourth-order valence-electron chi connectivity index (χ4n) is 4.50. The van der Waals surface area contributed by atoms with Gasteiger partial charge < -0.3 is 5.73 Å². The molecule has 1 saturated heterocycles. The molecule has 2 fully saturated rings. The summed E-state index contributed by atoms with van der Waals surface area (Å²) in [6.07, 6.45) is 8.25. The lowest BCUT2D eigenvalue weighted by Crippen LogP contribution is -2.52. The van der Waals surface area contributed by atoms with E-state index < -0.39 is 0 Å². The van der Waals surface area contributed by atoms with Crippen LogP contribution < -0.4 is 5.73 Å². The van der Waals surface area contributed by atoms with Crippen molar-refractivity contribution in [1.82, 2.24) is 4.90 Å². The highest BCUT2D eigenvalue weighted by Crippen LogP contribution is 2.40. The zero-order valence-electron chi connectivity index (χ0n) is 13.0. The molecule has 116 valence electrons. The maximum Gasteiger partial charge on any atom is 0.0500 e. The van der Waals surface area contributed by atoms with Gasteiger partial charge in [-0.1, -0.05) is 36.6 Å². The van der Waals surface area contributed by atoms with Crippen LogP contribution in [0.3, 0.4) is 0 Å². The van der Waals surface area contributed by atoms with E-state index in [1.165, 1.54) is 50.6 Å². The van der Waals surface area contributed by atoms with E-state index in [9.17, 15) is 0 Å². The van der Waals surface area contributed by atoms with Gasteiger partial charge in [0.15, 0.2) is 0 Å². The van der Waals surface area contributed by atoms with Crippen molar-refractivity contribution in [2.75, 3.05) is 6.54 Å². The van der Waals surface area contributed by atoms with Gasteiger partial charge in [-0.05, 0) is 62.8 Å². The third-order valence-corrected chi connectivity index (χ3v) is 5.57. The van der Waals surface area contributed by atoms with Gasteiger partial charge >= 0.3 is 0 Å². The highest BCUT2D eigenvalue weighted by Gasteiger charge is 2.38. The Morgan fingerprint density at radius 3 is 2.71 bits per heavy atom. The van der Waals surface area contributed by atoms with Crippen molar-refractivity contribution in [2.45, 2.75) is 63.6 Å². The Morgan fingerprint density at radius 1 is 1.19 bits per heavy atom. The average molecular weight is 307 g/mol.